The van der Waals surface area contributed by atoms with Gasteiger partial charge < -0.3 is 19.7 Å². The van der Waals surface area contributed by atoms with Gasteiger partial charge in [-0.25, -0.2) is 9.67 Å². The van der Waals surface area contributed by atoms with Crippen molar-refractivity contribution < 1.29 is 19.1 Å². The number of aryl methyl sites for hydroxylation is 3. The molecule has 0 atom stereocenters. The fourth-order valence-corrected chi connectivity index (χ4v) is 4.46. The van der Waals surface area contributed by atoms with Crippen LogP contribution in [-0.2, 0) is 27.8 Å². The third kappa shape index (κ3) is 5.20. The summed E-state index contributed by atoms with van der Waals surface area (Å²) in [6.45, 7) is 6.54. The van der Waals surface area contributed by atoms with E-state index < -0.39 is 0 Å². The molecule has 2 aromatic rings. The summed E-state index contributed by atoms with van der Waals surface area (Å²) in [5, 5.41) is 8.26. The van der Waals surface area contributed by atoms with E-state index in [1.807, 2.05) is 25.8 Å². The van der Waals surface area contributed by atoms with Gasteiger partial charge in [0, 0.05) is 58.4 Å². The summed E-state index contributed by atoms with van der Waals surface area (Å²) < 4.78 is 12.2. The fraction of sp³-hybridized carbons (Fsp3) is 0.652. The normalized spacial score (nSPS) is 14.7. The third-order valence-corrected chi connectivity index (χ3v) is 6.35. The van der Waals surface area contributed by atoms with E-state index in [0.717, 1.165) is 34.3 Å². The fourth-order valence-electron chi connectivity index (χ4n) is 4.46. The van der Waals surface area contributed by atoms with Gasteiger partial charge in [-0.05, 0) is 50.7 Å². The van der Waals surface area contributed by atoms with E-state index in [-0.39, 0.29) is 17.7 Å². The van der Waals surface area contributed by atoms with E-state index in [2.05, 4.69) is 10.4 Å². The number of carbonyl (C=O) groups is 2. The Morgan fingerprint density at radius 3 is 2.56 bits per heavy atom. The summed E-state index contributed by atoms with van der Waals surface area (Å²) in [5.41, 5.74) is 3.84. The molecule has 3 rings (SSSR count). The molecule has 0 spiro atoms. The maximum atomic E-state index is 12.9. The first-order valence-corrected chi connectivity index (χ1v) is 11.3. The van der Waals surface area contributed by atoms with E-state index in [9.17, 15) is 9.59 Å². The Labute approximate surface area is 189 Å². The average molecular weight is 446 g/mol. The summed E-state index contributed by atoms with van der Waals surface area (Å²) in [5.74, 6) is 0.753. The van der Waals surface area contributed by atoms with Crippen LogP contribution in [0.4, 0.5) is 0 Å². The molecule has 176 valence electrons. The number of amides is 2. The Bertz CT molecular complexity index is 963. The van der Waals surface area contributed by atoms with Crippen LogP contribution in [0.3, 0.4) is 0 Å². The summed E-state index contributed by atoms with van der Waals surface area (Å²) in [6, 6.07) is 0. The highest BCUT2D eigenvalue weighted by atomic mass is 16.5. The number of hydrogen-bond acceptors (Lipinski definition) is 6. The highest BCUT2D eigenvalue weighted by Gasteiger charge is 2.27. The zero-order valence-electron chi connectivity index (χ0n) is 19.9. The molecule has 0 aliphatic carbocycles. The van der Waals surface area contributed by atoms with Gasteiger partial charge in [0.15, 0.2) is 5.65 Å². The van der Waals surface area contributed by atoms with Crippen molar-refractivity contribution in [3.05, 3.63) is 16.8 Å². The minimum Gasteiger partial charge on any atom is -0.479 e. The number of nitrogens with zero attached hydrogens (tertiary/aromatic N) is 4. The molecule has 0 unspecified atom stereocenters. The molecule has 0 radical (unpaired) electrons. The lowest BCUT2D eigenvalue weighted by atomic mass is 9.95. The monoisotopic (exact) mass is 445 g/mol. The summed E-state index contributed by atoms with van der Waals surface area (Å²) in [4.78, 5) is 31.7. The Kier molecular flexibility index (Phi) is 8.06. The molecule has 3 heterocycles. The zero-order valence-corrected chi connectivity index (χ0v) is 19.9. The molecular weight excluding hydrogens is 410 g/mol. The van der Waals surface area contributed by atoms with Crippen LogP contribution in [0.15, 0.2) is 0 Å². The van der Waals surface area contributed by atoms with Crippen molar-refractivity contribution in [2.24, 2.45) is 13.0 Å². The Morgan fingerprint density at radius 1 is 1.19 bits per heavy atom. The van der Waals surface area contributed by atoms with Gasteiger partial charge >= 0.3 is 0 Å². The van der Waals surface area contributed by atoms with Crippen LogP contribution < -0.4 is 10.1 Å². The molecule has 1 aliphatic rings. The van der Waals surface area contributed by atoms with Crippen molar-refractivity contribution in [1.82, 2.24) is 25.0 Å². The topological polar surface area (TPSA) is 98.6 Å². The van der Waals surface area contributed by atoms with Gasteiger partial charge in [0.25, 0.3) is 0 Å². The number of likely N-dealkylation sites (tertiary alicyclic amines) is 1. The third-order valence-electron chi connectivity index (χ3n) is 6.35. The van der Waals surface area contributed by atoms with Gasteiger partial charge in [0.05, 0.1) is 12.5 Å². The van der Waals surface area contributed by atoms with Crippen molar-refractivity contribution in [1.29, 1.82) is 0 Å². The van der Waals surface area contributed by atoms with Gasteiger partial charge in [-0.2, -0.15) is 0 Å². The van der Waals surface area contributed by atoms with Gasteiger partial charge in [0.2, 0.25) is 17.7 Å². The molecule has 32 heavy (non-hydrogen) atoms. The van der Waals surface area contributed by atoms with Crippen molar-refractivity contribution in [3.8, 4) is 5.88 Å². The van der Waals surface area contributed by atoms with Crippen molar-refractivity contribution >= 4 is 22.8 Å². The van der Waals surface area contributed by atoms with Gasteiger partial charge in [0.1, 0.15) is 0 Å². The lowest BCUT2D eigenvalue weighted by Gasteiger charge is -2.31. The van der Waals surface area contributed by atoms with Gasteiger partial charge in [-0.3, -0.25) is 9.59 Å². The molecule has 0 bridgehead atoms. The molecule has 9 heteroatoms. The molecule has 0 aromatic carbocycles. The molecule has 2 amide bonds. The first-order chi connectivity index (χ1) is 15.4. The summed E-state index contributed by atoms with van der Waals surface area (Å²) >= 11 is 0. The minimum atomic E-state index is -0.0178. The minimum absolute atomic E-state index is 0.0178. The first-order valence-electron chi connectivity index (χ1n) is 11.3. The van der Waals surface area contributed by atoms with Crippen molar-refractivity contribution in [2.45, 2.75) is 46.0 Å². The van der Waals surface area contributed by atoms with Crippen LogP contribution in [-0.4, -0.2) is 71.9 Å². The predicted octanol–water partition coefficient (Wildman–Crippen LogP) is 1.92. The van der Waals surface area contributed by atoms with Gasteiger partial charge in [-0.1, -0.05) is 0 Å². The lowest BCUT2D eigenvalue weighted by Crippen LogP contribution is -2.43. The Morgan fingerprint density at radius 2 is 1.91 bits per heavy atom. The van der Waals surface area contributed by atoms with E-state index in [1.165, 1.54) is 0 Å². The summed E-state index contributed by atoms with van der Waals surface area (Å²) in [7, 11) is 5.11. The van der Waals surface area contributed by atoms with Crippen LogP contribution in [0, 0.1) is 19.8 Å². The Hall–Kier alpha value is -2.68. The van der Waals surface area contributed by atoms with Crippen molar-refractivity contribution in [3.63, 3.8) is 0 Å². The largest absolute Gasteiger partial charge is 0.479 e. The first kappa shape index (κ1) is 24.0. The molecular formula is C23H35N5O4. The van der Waals surface area contributed by atoms with Crippen LogP contribution >= 0.6 is 0 Å². The maximum Gasteiger partial charge on any atom is 0.242 e. The number of pyridine rings is 1. The quantitative estimate of drug-likeness (QED) is 0.592. The van der Waals surface area contributed by atoms with E-state index in [0.29, 0.717) is 57.8 Å². The van der Waals surface area contributed by atoms with Crippen molar-refractivity contribution in [2.75, 3.05) is 40.5 Å². The summed E-state index contributed by atoms with van der Waals surface area (Å²) in [6.07, 6.45) is 3.27. The van der Waals surface area contributed by atoms with E-state index >= 15 is 0 Å². The number of fused-ring (bicyclic) bond motifs is 1. The highest BCUT2D eigenvalue weighted by molar-refractivity contribution is 5.86. The number of carbonyl (C=O) groups excluding carboxylic acids is 2. The van der Waals surface area contributed by atoms with Crippen LogP contribution in [0.1, 0.15) is 42.5 Å². The molecule has 1 aliphatic heterocycles. The number of rotatable bonds is 9. The average Bonchev–Trinajstić information content (AvgIpc) is 3.11. The van der Waals surface area contributed by atoms with Crippen LogP contribution in [0.5, 0.6) is 5.88 Å². The van der Waals surface area contributed by atoms with Crippen LogP contribution in [0.25, 0.3) is 11.0 Å². The second-order valence-corrected chi connectivity index (χ2v) is 8.42. The second kappa shape index (κ2) is 10.8. The lowest BCUT2D eigenvalue weighted by molar-refractivity contribution is -0.135. The molecule has 1 saturated heterocycles. The number of nitrogens with one attached hydrogen (secondary N) is 1. The zero-order chi connectivity index (χ0) is 23.3. The van der Waals surface area contributed by atoms with Gasteiger partial charge in [-0.15, -0.1) is 5.10 Å². The van der Waals surface area contributed by atoms with E-state index in [1.54, 1.807) is 18.9 Å². The molecule has 9 nitrogen and oxygen atoms in total. The number of piperidine rings is 1. The molecule has 2 aromatic heterocycles. The van der Waals surface area contributed by atoms with Crippen LogP contribution in [0.2, 0.25) is 0 Å². The molecule has 1 fully saturated rings. The molecule has 0 saturated carbocycles. The number of methoxy groups -OCH3 is 2. The SMILES string of the molecule is COCCCNC(=O)C1CCN(C(=O)CCc2c(C)nc3c(c(OC)nn3C)c2C)CC1. The number of hydrogen-bond donors (Lipinski definition) is 1. The maximum absolute atomic E-state index is 12.9. The highest BCUT2D eigenvalue weighted by Crippen LogP contribution is 2.30. The predicted molar refractivity (Wildman–Crippen MR) is 122 cm³/mol. The molecule has 1 N–H and O–H groups in total. The smallest absolute Gasteiger partial charge is 0.242 e. The Balaban J connectivity index is 1.55. The number of aromatic nitrogens is 3. The van der Waals surface area contributed by atoms with E-state index in [4.69, 9.17) is 14.5 Å². The standard InChI is InChI=1S/C23H35N5O4/c1-15-18(16(2)25-21-20(15)23(32-5)26-27(21)3)7-8-19(29)28-12-9-17(10-13-28)22(30)24-11-6-14-31-4/h17H,6-14H2,1-5H3,(H,24,30). The second-order valence-electron chi connectivity index (χ2n) is 8.42. The number of ether oxygens (including phenoxy) is 2.